The first-order valence-corrected chi connectivity index (χ1v) is 6.12. The molecule has 0 bridgehead atoms. The van der Waals surface area contributed by atoms with Crippen LogP contribution in [0.4, 0.5) is 5.82 Å². The third kappa shape index (κ3) is 1.75. The fourth-order valence-corrected chi connectivity index (χ4v) is 2.62. The van der Waals surface area contributed by atoms with Crippen LogP contribution in [0.3, 0.4) is 0 Å². The molecule has 0 aliphatic heterocycles. The van der Waals surface area contributed by atoms with Crippen LogP contribution in [-0.4, -0.2) is 9.55 Å². The first-order chi connectivity index (χ1) is 7.27. The summed E-state index contributed by atoms with van der Waals surface area (Å²) in [5.74, 6) is 2.79. The molecule has 0 spiro atoms. The number of rotatable bonds is 3. The second-order valence-electron chi connectivity index (χ2n) is 4.38. The number of hydrogen-bond acceptors (Lipinski definition) is 2. The zero-order valence-corrected chi connectivity index (χ0v) is 9.79. The van der Waals surface area contributed by atoms with Crippen molar-refractivity contribution in [3.8, 4) is 0 Å². The predicted molar refractivity (Wildman–Crippen MR) is 62.9 cm³/mol. The Labute approximate surface area is 91.7 Å². The van der Waals surface area contributed by atoms with E-state index in [4.69, 9.17) is 10.7 Å². The molecular weight excluding hydrogens is 186 g/mol. The molecule has 15 heavy (non-hydrogen) atoms. The lowest BCUT2D eigenvalue weighted by Gasteiger charge is -2.11. The maximum absolute atomic E-state index is 6.09. The summed E-state index contributed by atoms with van der Waals surface area (Å²) < 4.78 is 2.20. The van der Waals surface area contributed by atoms with E-state index >= 15 is 0 Å². The topological polar surface area (TPSA) is 43.8 Å². The summed E-state index contributed by atoms with van der Waals surface area (Å²) in [4.78, 5) is 4.72. The quantitative estimate of drug-likeness (QED) is 0.828. The maximum atomic E-state index is 6.09. The lowest BCUT2D eigenvalue weighted by Crippen LogP contribution is -2.08. The van der Waals surface area contributed by atoms with Crippen molar-refractivity contribution in [3.63, 3.8) is 0 Å². The molecular formula is C12H21N3. The molecule has 1 aliphatic rings. The van der Waals surface area contributed by atoms with E-state index < -0.39 is 0 Å². The number of nitrogens with two attached hydrogens (primary N) is 1. The Morgan fingerprint density at radius 3 is 2.53 bits per heavy atom. The molecule has 1 fully saturated rings. The molecule has 0 radical (unpaired) electrons. The highest BCUT2D eigenvalue weighted by molar-refractivity contribution is 5.39. The Balaban J connectivity index is 2.36. The Morgan fingerprint density at radius 1 is 1.33 bits per heavy atom. The van der Waals surface area contributed by atoms with Crippen LogP contribution in [0.1, 0.15) is 57.0 Å². The monoisotopic (exact) mass is 207 g/mol. The lowest BCUT2D eigenvalue weighted by atomic mass is 10.1. The molecule has 2 rings (SSSR count). The van der Waals surface area contributed by atoms with Gasteiger partial charge < -0.3 is 10.3 Å². The first kappa shape index (κ1) is 10.5. The molecule has 84 valence electrons. The molecule has 1 aromatic heterocycles. The SMILES string of the molecule is CCc1nc(C2CCCC2)n(CC)c1N. The molecule has 3 heteroatoms. The van der Waals surface area contributed by atoms with Gasteiger partial charge in [0.25, 0.3) is 0 Å². The molecule has 2 N–H and O–H groups in total. The van der Waals surface area contributed by atoms with Gasteiger partial charge in [0, 0.05) is 12.5 Å². The van der Waals surface area contributed by atoms with Crippen molar-refractivity contribution in [1.29, 1.82) is 0 Å². The number of anilines is 1. The standard InChI is InChI=1S/C12H21N3/c1-3-10-11(13)15(4-2)12(14-10)9-7-5-6-8-9/h9H,3-8,13H2,1-2H3. The zero-order valence-electron chi connectivity index (χ0n) is 9.79. The Hall–Kier alpha value is -0.990. The molecule has 3 nitrogen and oxygen atoms in total. The number of hydrogen-bond donors (Lipinski definition) is 1. The predicted octanol–water partition coefficient (Wildman–Crippen LogP) is 2.71. The minimum atomic E-state index is 0.660. The first-order valence-electron chi connectivity index (χ1n) is 6.12. The Kier molecular flexibility index (Phi) is 2.98. The zero-order chi connectivity index (χ0) is 10.8. The van der Waals surface area contributed by atoms with E-state index in [1.807, 2.05) is 0 Å². The summed E-state index contributed by atoms with van der Waals surface area (Å²) in [5.41, 5.74) is 7.18. The number of nitrogen functional groups attached to an aromatic ring is 1. The van der Waals surface area contributed by atoms with Crippen molar-refractivity contribution < 1.29 is 0 Å². The molecule has 0 unspecified atom stereocenters. The van der Waals surface area contributed by atoms with Crippen LogP contribution in [0.15, 0.2) is 0 Å². The van der Waals surface area contributed by atoms with E-state index in [2.05, 4.69) is 18.4 Å². The van der Waals surface area contributed by atoms with E-state index in [0.29, 0.717) is 5.92 Å². The van der Waals surface area contributed by atoms with Crippen molar-refractivity contribution in [3.05, 3.63) is 11.5 Å². The molecule has 0 amide bonds. The molecule has 1 heterocycles. The summed E-state index contributed by atoms with van der Waals surface area (Å²) in [6.45, 7) is 5.22. The second kappa shape index (κ2) is 4.25. The Morgan fingerprint density at radius 2 is 2.00 bits per heavy atom. The summed E-state index contributed by atoms with van der Waals surface area (Å²) in [7, 11) is 0. The minimum Gasteiger partial charge on any atom is -0.384 e. The van der Waals surface area contributed by atoms with Crippen LogP contribution in [-0.2, 0) is 13.0 Å². The van der Waals surface area contributed by atoms with E-state index in [9.17, 15) is 0 Å². The molecule has 0 atom stereocenters. The average Bonchev–Trinajstić information content (AvgIpc) is 2.84. The number of aromatic nitrogens is 2. The van der Waals surface area contributed by atoms with Gasteiger partial charge in [0.15, 0.2) is 0 Å². The van der Waals surface area contributed by atoms with Gasteiger partial charge in [0.2, 0.25) is 0 Å². The van der Waals surface area contributed by atoms with Crippen LogP contribution >= 0.6 is 0 Å². The van der Waals surface area contributed by atoms with Crippen molar-refractivity contribution in [1.82, 2.24) is 9.55 Å². The highest BCUT2D eigenvalue weighted by atomic mass is 15.1. The van der Waals surface area contributed by atoms with Crippen molar-refractivity contribution >= 4 is 5.82 Å². The number of imidazole rings is 1. The van der Waals surface area contributed by atoms with Crippen LogP contribution in [0.25, 0.3) is 0 Å². The summed E-state index contributed by atoms with van der Waals surface area (Å²) in [5, 5.41) is 0. The molecule has 0 saturated heterocycles. The summed E-state index contributed by atoms with van der Waals surface area (Å²) >= 11 is 0. The van der Waals surface area contributed by atoms with Gasteiger partial charge in [-0.05, 0) is 26.2 Å². The summed E-state index contributed by atoms with van der Waals surface area (Å²) in [6.07, 6.45) is 6.23. The Bertz CT molecular complexity index is 335. The molecule has 1 saturated carbocycles. The van der Waals surface area contributed by atoms with Crippen LogP contribution < -0.4 is 5.73 Å². The fourth-order valence-electron chi connectivity index (χ4n) is 2.62. The van der Waals surface area contributed by atoms with Crippen molar-refractivity contribution in [2.45, 2.75) is 58.4 Å². The normalized spacial score (nSPS) is 17.5. The van der Waals surface area contributed by atoms with E-state index in [0.717, 1.165) is 24.5 Å². The van der Waals surface area contributed by atoms with Gasteiger partial charge in [-0.2, -0.15) is 0 Å². The van der Waals surface area contributed by atoms with Gasteiger partial charge >= 0.3 is 0 Å². The molecule has 1 aromatic rings. The van der Waals surface area contributed by atoms with Gasteiger partial charge in [-0.3, -0.25) is 0 Å². The largest absolute Gasteiger partial charge is 0.384 e. The third-order valence-corrected chi connectivity index (χ3v) is 3.48. The third-order valence-electron chi connectivity index (χ3n) is 3.48. The number of nitrogens with zero attached hydrogens (tertiary/aromatic N) is 2. The van der Waals surface area contributed by atoms with Crippen molar-refractivity contribution in [2.75, 3.05) is 5.73 Å². The van der Waals surface area contributed by atoms with Gasteiger partial charge in [0.05, 0.1) is 5.69 Å². The van der Waals surface area contributed by atoms with Gasteiger partial charge in [-0.25, -0.2) is 4.98 Å². The van der Waals surface area contributed by atoms with E-state index in [1.165, 1.54) is 31.5 Å². The summed E-state index contributed by atoms with van der Waals surface area (Å²) in [6, 6.07) is 0. The van der Waals surface area contributed by atoms with Crippen molar-refractivity contribution in [2.24, 2.45) is 0 Å². The minimum absolute atomic E-state index is 0.660. The fraction of sp³-hybridized carbons (Fsp3) is 0.750. The maximum Gasteiger partial charge on any atom is 0.126 e. The average molecular weight is 207 g/mol. The van der Waals surface area contributed by atoms with Crippen LogP contribution in [0, 0.1) is 0 Å². The van der Waals surface area contributed by atoms with Gasteiger partial charge in [0.1, 0.15) is 11.6 Å². The van der Waals surface area contributed by atoms with E-state index in [-0.39, 0.29) is 0 Å². The van der Waals surface area contributed by atoms with Gasteiger partial charge in [-0.1, -0.05) is 19.8 Å². The second-order valence-corrected chi connectivity index (χ2v) is 4.38. The van der Waals surface area contributed by atoms with Gasteiger partial charge in [-0.15, -0.1) is 0 Å². The molecule has 0 aromatic carbocycles. The van der Waals surface area contributed by atoms with Crippen LogP contribution in [0.2, 0.25) is 0 Å². The smallest absolute Gasteiger partial charge is 0.126 e. The van der Waals surface area contributed by atoms with Crippen LogP contribution in [0.5, 0.6) is 0 Å². The van der Waals surface area contributed by atoms with E-state index in [1.54, 1.807) is 0 Å². The number of aryl methyl sites for hydroxylation is 1. The highest BCUT2D eigenvalue weighted by Gasteiger charge is 2.23. The lowest BCUT2D eigenvalue weighted by molar-refractivity contribution is 0.603. The molecule has 1 aliphatic carbocycles. The highest BCUT2D eigenvalue weighted by Crippen LogP contribution is 2.35.